The van der Waals surface area contributed by atoms with E-state index in [0.29, 0.717) is 12.1 Å². The highest BCUT2D eigenvalue weighted by molar-refractivity contribution is 5.20. The minimum Gasteiger partial charge on any atom is -0.380 e. The lowest BCUT2D eigenvalue weighted by atomic mass is 10.0. The van der Waals surface area contributed by atoms with Gasteiger partial charge < -0.3 is 10.1 Å². The SMILES string of the molecule is C=CCCOCCN1CC(c2ccccc2)NCC1C. The van der Waals surface area contributed by atoms with Crippen molar-refractivity contribution in [2.45, 2.75) is 25.4 Å². The van der Waals surface area contributed by atoms with E-state index in [0.717, 1.165) is 39.3 Å². The zero-order valence-corrected chi connectivity index (χ0v) is 12.4. The summed E-state index contributed by atoms with van der Waals surface area (Å²) in [6, 6.07) is 11.7. The van der Waals surface area contributed by atoms with Crippen molar-refractivity contribution < 1.29 is 4.74 Å². The summed E-state index contributed by atoms with van der Waals surface area (Å²) in [5, 5.41) is 3.63. The monoisotopic (exact) mass is 274 g/mol. The third kappa shape index (κ3) is 4.44. The third-order valence-electron chi connectivity index (χ3n) is 3.89. The molecule has 20 heavy (non-hydrogen) atoms. The molecule has 2 atom stereocenters. The molecule has 0 aromatic heterocycles. The molecule has 1 aromatic rings. The molecule has 0 aliphatic carbocycles. The van der Waals surface area contributed by atoms with Gasteiger partial charge in [-0.2, -0.15) is 0 Å². The van der Waals surface area contributed by atoms with Crippen LogP contribution in [0.25, 0.3) is 0 Å². The number of rotatable bonds is 7. The number of nitrogens with one attached hydrogen (secondary N) is 1. The second-order valence-electron chi connectivity index (χ2n) is 5.41. The van der Waals surface area contributed by atoms with Crippen LogP contribution in [0.2, 0.25) is 0 Å². The molecule has 1 aliphatic rings. The Balaban J connectivity index is 1.81. The van der Waals surface area contributed by atoms with Gasteiger partial charge >= 0.3 is 0 Å². The Morgan fingerprint density at radius 2 is 2.15 bits per heavy atom. The van der Waals surface area contributed by atoms with E-state index in [1.54, 1.807) is 0 Å². The van der Waals surface area contributed by atoms with Crippen LogP contribution in [-0.2, 0) is 4.74 Å². The molecule has 1 aliphatic heterocycles. The maximum absolute atomic E-state index is 5.63. The van der Waals surface area contributed by atoms with Gasteiger partial charge in [-0.25, -0.2) is 0 Å². The molecule has 0 saturated carbocycles. The Hall–Kier alpha value is -1.16. The standard InChI is InChI=1S/C17H26N2O/c1-3-4-11-20-12-10-19-14-17(18-13-15(19)2)16-8-6-5-7-9-16/h3,5-9,15,17-18H,1,4,10-14H2,2H3. The van der Waals surface area contributed by atoms with Crippen LogP contribution in [0.3, 0.4) is 0 Å². The fraction of sp³-hybridized carbons (Fsp3) is 0.529. The highest BCUT2D eigenvalue weighted by Gasteiger charge is 2.25. The molecule has 1 heterocycles. The first-order valence-corrected chi connectivity index (χ1v) is 7.52. The third-order valence-corrected chi connectivity index (χ3v) is 3.89. The van der Waals surface area contributed by atoms with E-state index in [9.17, 15) is 0 Å². The van der Waals surface area contributed by atoms with Crippen molar-refractivity contribution in [1.82, 2.24) is 10.2 Å². The molecule has 2 rings (SSSR count). The number of hydrogen-bond donors (Lipinski definition) is 1. The minimum atomic E-state index is 0.431. The second kappa shape index (κ2) is 8.20. The summed E-state index contributed by atoms with van der Waals surface area (Å²) in [7, 11) is 0. The summed E-state index contributed by atoms with van der Waals surface area (Å²) in [4.78, 5) is 2.52. The van der Waals surface area contributed by atoms with Crippen molar-refractivity contribution in [1.29, 1.82) is 0 Å². The average Bonchev–Trinajstić information content (AvgIpc) is 2.49. The van der Waals surface area contributed by atoms with Gasteiger partial charge in [0.15, 0.2) is 0 Å². The largest absolute Gasteiger partial charge is 0.380 e. The van der Waals surface area contributed by atoms with Crippen molar-refractivity contribution in [2.24, 2.45) is 0 Å². The van der Waals surface area contributed by atoms with Crippen LogP contribution in [0.1, 0.15) is 24.9 Å². The highest BCUT2D eigenvalue weighted by atomic mass is 16.5. The Bertz CT molecular complexity index is 393. The van der Waals surface area contributed by atoms with Gasteiger partial charge in [-0.3, -0.25) is 4.90 Å². The summed E-state index contributed by atoms with van der Waals surface area (Å²) in [6.45, 7) is 10.7. The molecule has 0 spiro atoms. The highest BCUT2D eigenvalue weighted by Crippen LogP contribution is 2.19. The fourth-order valence-corrected chi connectivity index (χ4v) is 2.59. The van der Waals surface area contributed by atoms with Gasteiger partial charge in [0.05, 0.1) is 13.2 Å². The molecular weight excluding hydrogens is 248 g/mol. The predicted octanol–water partition coefficient (Wildman–Crippen LogP) is 2.61. The topological polar surface area (TPSA) is 24.5 Å². The molecule has 1 saturated heterocycles. The zero-order valence-electron chi connectivity index (χ0n) is 12.4. The number of benzene rings is 1. The van der Waals surface area contributed by atoms with Crippen molar-refractivity contribution in [3.63, 3.8) is 0 Å². The molecule has 1 N–H and O–H groups in total. The van der Waals surface area contributed by atoms with Crippen LogP contribution in [0.4, 0.5) is 0 Å². The van der Waals surface area contributed by atoms with Crippen LogP contribution >= 0.6 is 0 Å². The predicted molar refractivity (Wildman–Crippen MR) is 83.9 cm³/mol. The van der Waals surface area contributed by atoms with Crippen LogP contribution in [0.15, 0.2) is 43.0 Å². The molecule has 0 radical (unpaired) electrons. The summed E-state index contributed by atoms with van der Waals surface area (Å²) >= 11 is 0. The van der Waals surface area contributed by atoms with Crippen LogP contribution in [0, 0.1) is 0 Å². The summed E-state index contributed by atoms with van der Waals surface area (Å²) in [5.74, 6) is 0. The Kier molecular flexibility index (Phi) is 6.25. The smallest absolute Gasteiger partial charge is 0.0593 e. The van der Waals surface area contributed by atoms with Gasteiger partial charge in [0.2, 0.25) is 0 Å². The van der Waals surface area contributed by atoms with Crippen molar-refractivity contribution in [2.75, 3.05) is 32.8 Å². The van der Waals surface area contributed by atoms with E-state index in [1.807, 2.05) is 6.08 Å². The van der Waals surface area contributed by atoms with Gasteiger partial charge in [0.1, 0.15) is 0 Å². The summed E-state index contributed by atoms with van der Waals surface area (Å²) in [5.41, 5.74) is 1.37. The zero-order chi connectivity index (χ0) is 14.2. The summed E-state index contributed by atoms with van der Waals surface area (Å²) in [6.07, 6.45) is 2.84. The van der Waals surface area contributed by atoms with Crippen LogP contribution in [0.5, 0.6) is 0 Å². The maximum atomic E-state index is 5.63. The number of hydrogen-bond acceptors (Lipinski definition) is 3. The number of nitrogens with zero attached hydrogens (tertiary/aromatic N) is 1. The first-order valence-electron chi connectivity index (χ1n) is 7.52. The molecule has 0 bridgehead atoms. The van der Waals surface area contributed by atoms with E-state index in [-0.39, 0.29) is 0 Å². The van der Waals surface area contributed by atoms with E-state index in [4.69, 9.17) is 4.74 Å². The number of ether oxygens (including phenoxy) is 1. The molecule has 1 fully saturated rings. The van der Waals surface area contributed by atoms with Gasteiger partial charge in [-0.1, -0.05) is 36.4 Å². The van der Waals surface area contributed by atoms with Crippen LogP contribution < -0.4 is 5.32 Å². The average molecular weight is 274 g/mol. The molecule has 2 unspecified atom stereocenters. The van der Waals surface area contributed by atoms with Gasteiger partial charge in [0.25, 0.3) is 0 Å². The molecule has 3 heteroatoms. The van der Waals surface area contributed by atoms with Crippen molar-refractivity contribution in [3.05, 3.63) is 48.6 Å². The van der Waals surface area contributed by atoms with E-state index >= 15 is 0 Å². The molecular formula is C17H26N2O. The molecule has 1 aromatic carbocycles. The van der Waals surface area contributed by atoms with Gasteiger partial charge in [-0.15, -0.1) is 6.58 Å². The van der Waals surface area contributed by atoms with Crippen LogP contribution in [-0.4, -0.2) is 43.8 Å². The molecule has 3 nitrogen and oxygen atoms in total. The first-order chi connectivity index (χ1) is 9.81. The Morgan fingerprint density at radius 1 is 1.35 bits per heavy atom. The normalized spacial score (nSPS) is 23.6. The maximum Gasteiger partial charge on any atom is 0.0593 e. The van der Waals surface area contributed by atoms with Gasteiger partial charge in [0, 0.05) is 31.7 Å². The minimum absolute atomic E-state index is 0.431. The van der Waals surface area contributed by atoms with E-state index in [1.165, 1.54) is 5.56 Å². The first kappa shape index (κ1) is 15.2. The Labute approximate surface area is 122 Å². The van der Waals surface area contributed by atoms with Crippen molar-refractivity contribution >= 4 is 0 Å². The quantitative estimate of drug-likeness (QED) is 0.611. The van der Waals surface area contributed by atoms with Crippen molar-refractivity contribution in [3.8, 4) is 0 Å². The summed E-state index contributed by atoms with van der Waals surface area (Å²) < 4.78 is 5.63. The second-order valence-corrected chi connectivity index (χ2v) is 5.41. The van der Waals surface area contributed by atoms with Gasteiger partial charge in [-0.05, 0) is 18.9 Å². The lowest BCUT2D eigenvalue weighted by Gasteiger charge is -2.39. The number of piperazine rings is 1. The molecule has 110 valence electrons. The van der Waals surface area contributed by atoms with E-state index < -0.39 is 0 Å². The lowest BCUT2D eigenvalue weighted by Crippen LogP contribution is -2.52. The lowest BCUT2D eigenvalue weighted by molar-refractivity contribution is 0.0721. The molecule has 0 amide bonds. The Morgan fingerprint density at radius 3 is 2.90 bits per heavy atom. The fourth-order valence-electron chi connectivity index (χ4n) is 2.59. The van der Waals surface area contributed by atoms with E-state index in [2.05, 4.69) is 54.1 Å².